The van der Waals surface area contributed by atoms with Crippen LogP contribution >= 0.6 is 11.6 Å². The Labute approximate surface area is 156 Å². The largest absolute Gasteiger partial charge is 0.489 e. The van der Waals surface area contributed by atoms with Gasteiger partial charge in [0.2, 0.25) is 0 Å². The first kappa shape index (κ1) is 18.0. The number of halogens is 1. The maximum Gasteiger partial charge on any atom is 0.278 e. The van der Waals surface area contributed by atoms with Gasteiger partial charge in [0.1, 0.15) is 18.1 Å². The standard InChI is InChI=1S/C20H19ClN2O3/c1-12-6-4-7-13(2)18(12)22-20(24)19-17(14(3)26-23-19)11-25-16-9-5-8-15(21)10-16/h4-10H,11H2,1-3H3,(H,22,24). The first-order chi connectivity index (χ1) is 12.5. The fraction of sp³-hybridized carbons (Fsp3) is 0.200. The molecule has 2 aromatic carbocycles. The number of nitrogens with zero attached hydrogens (tertiary/aromatic N) is 1. The third-order valence-corrected chi connectivity index (χ3v) is 4.33. The molecule has 0 aliphatic heterocycles. The number of ether oxygens (including phenoxy) is 1. The molecule has 0 aliphatic rings. The zero-order valence-electron chi connectivity index (χ0n) is 14.8. The summed E-state index contributed by atoms with van der Waals surface area (Å²) in [5.41, 5.74) is 3.56. The number of hydrogen-bond donors (Lipinski definition) is 1. The van der Waals surface area contributed by atoms with Gasteiger partial charge in [-0.25, -0.2) is 0 Å². The molecule has 0 unspecified atom stereocenters. The summed E-state index contributed by atoms with van der Waals surface area (Å²) in [5, 5.41) is 7.41. The lowest BCUT2D eigenvalue weighted by atomic mass is 10.1. The second-order valence-electron chi connectivity index (χ2n) is 6.03. The van der Waals surface area contributed by atoms with E-state index >= 15 is 0 Å². The van der Waals surface area contributed by atoms with E-state index in [9.17, 15) is 4.79 Å². The summed E-state index contributed by atoms with van der Waals surface area (Å²) in [6.45, 7) is 5.80. The molecular formula is C20H19ClN2O3. The molecule has 1 N–H and O–H groups in total. The number of nitrogens with one attached hydrogen (secondary N) is 1. The highest BCUT2D eigenvalue weighted by atomic mass is 35.5. The summed E-state index contributed by atoms with van der Waals surface area (Å²) in [7, 11) is 0. The molecule has 0 spiro atoms. The van der Waals surface area contributed by atoms with Crippen LogP contribution < -0.4 is 10.1 Å². The van der Waals surface area contributed by atoms with Gasteiger partial charge in [-0.15, -0.1) is 0 Å². The normalized spacial score (nSPS) is 10.6. The van der Waals surface area contributed by atoms with E-state index in [1.54, 1.807) is 31.2 Å². The number of aryl methyl sites for hydroxylation is 3. The molecule has 1 amide bonds. The molecule has 134 valence electrons. The summed E-state index contributed by atoms with van der Waals surface area (Å²) in [4.78, 5) is 12.7. The van der Waals surface area contributed by atoms with Crippen molar-refractivity contribution in [3.05, 3.63) is 75.6 Å². The molecule has 0 aliphatic carbocycles. The molecule has 3 aromatic rings. The van der Waals surface area contributed by atoms with Crippen molar-refractivity contribution >= 4 is 23.2 Å². The molecule has 0 saturated heterocycles. The number of anilines is 1. The highest BCUT2D eigenvalue weighted by molar-refractivity contribution is 6.30. The number of amides is 1. The fourth-order valence-corrected chi connectivity index (χ4v) is 2.82. The number of carbonyl (C=O) groups excluding carboxylic acids is 1. The molecule has 0 radical (unpaired) electrons. The highest BCUT2D eigenvalue weighted by Gasteiger charge is 2.21. The first-order valence-electron chi connectivity index (χ1n) is 8.17. The van der Waals surface area contributed by atoms with Crippen LogP contribution in [0.4, 0.5) is 5.69 Å². The Morgan fingerprint density at radius 1 is 1.15 bits per heavy atom. The van der Waals surface area contributed by atoms with Crippen molar-refractivity contribution in [1.82, 2.24) is 5.16 Å². The minimum atomic E-state index is -0.330. The van der Waals surface area contributed by atoms with Crippen molar-refractivity contribution in [2.45, 2.75) is 27.4 Å². The average Bonchev–Trinajstić information content (AvgIpc) is 2.97. The summed E-state index contributed by atoms with van der Waals surface area (Å²) in [5.74, 6) is 0.821. The number of para-hydroxylation sites is 1. The SMILES string of the molecule is Cc1cccc(C)c1NC(=O)c1noc(C)c1COc1cccc(Cl)c1. The maximum atomic E-state index is 12.7. The molecule has 0 bridgehead atoms. The molecule has 0 saturated carbocycles. The highest BCUT2D eigenvalue weighted by Crippen LogP contribution is 2.23. The average molecular weight is 371 g/mol. The van der Waals surface area contributed by atoms with E-state index in [1.165, 1.54) is 0 Å². The Hall–Kier alpha value is -2.79. The van der Waals surface area contributed by atoms with Crippen molar-refractivity contribution in [1.29, 1.82) is 0 Å². The van der Waals surface area contributed by atoms with Gasteiger partial charge >= 0.3 is 0 Å². The maximum absolute atomic E-state index is 12.7. The Kier molecular flexibility index (Phi) is 5.28. The molecule has 0 atom stereocenters. The zero-order chi connectivity index (χ0) is 18.7. The Morgan fingerprint density at radius 2 is 1.85 bits per heavy atom. The van der Waals surface area contributed by atoms with Crippen molar-refractivity contribution in [2.75, 3.05) is 5.32 Å². The van der Waals surface area contributed by atoms with E-state index in [-0.39, 0.29) is 18.2 Å². The second-order valence-corrected chi connectivity index (χ2v) is 6.47. The Balaban J connectivity index is 1.79. The van der Waals surface area contributed by atoms with Gasteiger partial charge in [-0.3, -0.25) is 4.79 Å². The molecule has 0 fully saturated rings. The Bertz CT molecular complexity index is 930. The van der Waals surface area contributed by atoms with Crippen LogP contribution in [0, 0.1) is 20.8 Å². The van der Waals surface area contributed by atoms with Crippen LogP contribution in [-0.4, -0.2) is 11.1 Å². The monoisotopic (exact) mass is 370 g/mol. The van der Waals surface area contributed by atoms with Crippen LogP contribution in [0.3, 0.4) is 0 Å². The van der Waals surface area contributed by atoms with Crippen LogP contribution in [0.25, 0.3) is 0 Å². The van der Waals surface area contributed by atoms with E-state index in [0.717, 1.165) is 16.8 Å². The lowest BCUT2D eigenvalue weighted by molar-refractivity contribution is 0.101. The number of rotatable bonds is 5. The van der Waals surface area contributed by atoms with Gasteiger partial charge in [-0.1, -0.05) is 41.0 Å². The minimum absolute atomic E-state index is 0.158. The molecule has 5 nitrogen and oxygen atoms in total. The van der Waals surface area contributed by atoms with Crippen molar-refractivity contribution in [3.8, 4) is 5.75 Å². The van der Waals surface area contributed by atoms with Gasteiger partial charge in [-0.2, -0.15) is 0 Å². The molecule has 1 heterocycles. The predicted octanol–water partition coefficient (Wildman–Crippen LogP) is 5.08. The van der Waals surface area contributed by atoms with E-state index in [1.807, 2.05) is 32.0 Å². The minimum Gasteiger partial charge on any atom is -0.489 e. The molecule has 1 aromatic heterocycles. The third-order valence-electron chi connectivity index (χ3n) is 4.10. The van der Waals surface area contributed by atoms with Crippen LogP contribution in [0.1, 0.15) is 32.9 Å². The lowest BCUT2D eigenvalue weighted by Gasteiger charge is -2.11. The van der Waals surface area contributed by atoms with Gasteiger partial charge in [-0.05, 0) is 50.1 Å². The fourth-order valence-electron chi connectivity index (χ4n) is 2.64. The topological polar surface area (TPSA) is 64.4 Å². The first-order valence-corrected chi connectivity index (χ1v) is 8.54. The second kappa shape index (κ2) is 7.62. The zero-order valence-corrected chi connectivity index (χ0v) is 15.6. The summed E-state index contributed by atoms with van der Waals surface area (Å²) in [6.07, 6.45) is 0. The van der Waals surface area contributed by atoms with Crippen LogP contribution in [0.5, 0.6) is 5.75 Å². The van der Waals surface area contributed by atoms with E-state index < -0.39 is 0 Å². The van der Waals surface area contributed by atoms with Gasteiger partial charge < -0.3 is 14.6 Å². The smallest absolute Gasteiger partial charge is 0.278 e. The van der Waals surface area contributed by atoms with Crippen LogP contribution in [0.2, 0.25) is 5.02 Å². The van der Waals surface area contributed by atoms with E-state index in [4.69, 9.17) is 20.9 Å². The van der Waals surface area contributed by atoms with Crippen LogP contribution in [-0.2, 0) is 6.61 Å². The number of benzene rings is 2. The van der Waals surface area contributed by atoms with Gasteiger partial charge in [0.15, 0.2) is 5.69 Å². The van der Waals surface area contributed by atoms with Crippen LogP contribution in [0.15, 0.2) is 47.0 Å². The quantitative estimate of drug-likeness (QED) is 0.679. The predicted molar refractivity (Wildman–Crippen MR) is 101 cm³/mol. The molecule has 3 rings (SSSR count). The number of hydrogen-bond acceptors (Lipinski definition) is 4. The lowest BCUT2D eigenvalue weighted by Crippen LogP contribution is -2.16. The molecule has 6 heteroatoms. The van der Waals surface area contributed by atoms with E-state index in [2.05, 4.69) is 10.5 Å². The summed E-state index contributed by atoms with van der Waals surface area (Å²) < 4.78 is 10.9. The summed E-state index contributed by atoms with van der Waals surface area (Å²) in [6, 6.07) is 12.9. The van der Waals surface area contributed by atoms with Gasteiger partial charge in [0.25, 0.3) is 5.91 Å². The van der Waals surface area contributed by atoms with Crippen molar-refractivity contribution in [2.24, 2.45) is 0 Å². The van der Waals surface area contributed by atoms with E-state index in [0.29, 0.717) is 22.1 Å². The molecular weight excluding hydrogens is 352 g/mol. The Morgan fingerprint density at radius 3 is 2.54 bits per heavy atom. The summed E-state index contributed by atoms with van der Waals surface area (Å²) >= 11 is 5.96. The molecule has 26 heavy (non-hydrogen) atoms. The third kappa shape index (κ3) is 3.89. The number of aromatic nitrogens is 1. The van der Waals surface area contributed by atoms with Gasteiger partial charge in [0.05, 0.1) is 5.56 Å². The number of carbonyl (C=O) groups is 1. The van der Waals surface area contributed by atoms with Crippen molar-refractivity contribution in [3.63, 3.8) is 0 Å². The van der Waals surface area contributed by atoms with Gasteiger partial charge in [0, 0.05) is 10.7 Å². The van der Waals surface area contributed by atoms with Crippen molar-refractivity contribution < 1.29 is 14.1 Å².